The fourth-order valence-electron chi connectivity index (χ4n) is 2.92. The molecule has 0 spiro atoms. The van der Waals surface area contributed by atoms with E-state index < -0.39 is 5.97 Å². The highest BCUT2D eigenvalue weighted by Crippen LogP contribution is 2.29. The highest BCUT2D eigenvalue weighted by atomic mass is 32.1. The van der Waals surface area contributed by atoms with Gasteiger partial charge in [0, 0.05) is 31.1 Å². The number of nitrogens with zero attached hydrogens (tertiary/aromatic N) is 3. The zero-order chi connectivity index (χ0) is 17.2. The Balaban J connectivity index is 1.65. The molecule has 1 N–H and O–H groups in total. The normalized spacial score (nSPS) is 14.8. The number of pyridine rings is 1. The van der Waals surface area contributed by atoms with E-state index in [1.54, 1.807) is 6.20 Å². The van der Waals surface area contributed by atoms with Crippen LogP contribution in [0.25, 0.3) is 10.9 Å². The first-order valence-corrected chi connectivity index (χ1v) is 8.92. The lowest BCUT2D eigenvalue weighted by Gasteiger charge is -2.26. The van der Waals surface area contributed by atoms with Gasteiger partial charge < -0.3 is 14.7 Å². The van der Waals surface area contributed by atoms with Gasteiger partial charge in [-0.25, -0.2) is 9.78 Å². The molecule has 7 heteroatoms. The number of carbonyl (C=O) groups is 1. The molecule has 0 aliphatic carbocycles. The number of aromatic carboxylic acids is 1. The van der Waals surface area contributed by atoms with Gasteiger partial charge in [0.25, 0.3) is 0 Å². The number of anilines is 1. The van der Waals surface area contributed by atoms with E-state index in [0.29, 0.717) is 30.2 Å². The minimum absolute atomic E-state index is 0.301. The molecule has 0 amide bonds. The number of thiazole rings is 1. The second-order valence-electron chi connectivity index (χ2n) is 5.89. The maximum atomic E-state index is 11.6. The maximum absolute atomic E-state index is 11.6. The van der Waals surface area contributed by atoms with E-state index in [1.807, 2.05) is 30.3 Å². The summed E-state index contributed by atoms with van der Waals surface area (Å²) >= 11 is 1.24. The van der Waals surface area contributed by atoms with Crippen molar-refractivity contribution < 1.29 is 14.6 Å². The van der Waals surface area contributed by atoms with Crippen molar-refractivity contribution in [2.45, 2.75) is 6.42 Å². The van der Waals surface area contributed by atoms with E-state index in [9.17, 15) is 9.90 Å². The van der Waals surface area contributed by atoms with Crippen molar-refractivity contribution in [1.82, 2.24) is 9.97 Å². The van der Waals surface area contributed by atoms with Crippen LogP contribution in [0.4, 0.5) is 5.13 Å². The van der Waals surface area contributed by atoms with Crippen LogP contribution in [0, 0.1) is 0 Å². The standard InChI is InChI=1S/C18H17N3O3S/c22-17(23)16-15(20-18(25-16)21-5-7-24-8-6-21)10-12-9-13-3-1-2-4-14(13)19-11-12/h1-4,9,11H,5-8,10H2,(H,22,23). The Morgan fingerprint density at radius 1 is 1.28 bits per heavy atom. The molecule has 128 valence electrons. The summed E-state index contributed by atoms with van der Waals surface area (Å²) in [6.45, 7) is 2.77. The van der Waals surface area contributed by atoms with Crippen LogP contribution < -0.4 is 4.90 Å². The first-order valence-electron chi connectivity index (χ1n) is 8.10. The van der Waals surface area contributed by atoms with Gasteiger partial charge in [0.15, 0.2) is 5.13 Å². The third-order valence-electron chi connectivity index (χ3n) is 4.18. The summed E-state index contributed by atoms with van der Waals surface area (Å²) in [6, 6.07) is 9.93. The van der Waals surface area contributed by atoms with Crippen molar-refractivity contribution in [3.05, 3.63) is 52.7 Å². The summed E-state index contributed by atoms with van der Waals surface area (Å²) < 4.78 is 5.35. The van der Waals surface area contributed by atoms with E-state index in [1.165, 1.54) is 11.3 Å². The predicted molar refractivity (Wildman–Crippen MR) is 96.7 cm³/mol. The number of morpholine rings is 1. The number of benzene rings is 1. The second-order valence-corrected chi connectivity index (χ2v) is 6.87. The number of rotatable bonds is 4. The average molecular weight is 355 g/mol. The zero-order valence-electron chi connectivity index (χ0n) is 13.5. The summed E-state index contributed by atoms with van der Waals surface area (Å²) in [6.07, 6.45) is 2.25. The number of ether oxygens (including phenoxy) is 1. The Morgan fingerprint density at radius 2 is 2.08 bits per heavy atom. The Labute approximate surface area is 148 Å². The van der Waals surface area contributed by atoms with Gasteiger partial charge in [-0.05, 0) is 17.7 Å². The van der Waals surface area contributed by atoms with Crippen LogP contribution in [0.3, 0.4) is 0 Å². The van der Waals surface area contributed by atoms with Crippen LogP contribution >= 0.6 is 11.3 Å². The molecule has 0 radical (unpaired) electrons. The third kappa shape index (κ3) is 3.33. The molecule has 2 aromatic heterocycles. The fourth-order valence-corrected chi connectivity index (χ4v) is 3.90. The van der Waals surface area contributed by atoms with Crippen molar-refractivity contribution in [3.8, 4) is 0 Å². The number of hydrogen-bond acceptors (Lipinski definition) is 6. The van der Waals surface area contributed by atoms with E-state index in [4.69, 9.17) is 4.74 Å². The first-order chi connectivity index (χ1) is 12.2. The second kappa shape index (κ2) is 6.78. The Kier molecular flexibility index (Phi) is 4.33. The minimum atomic E-state index is -0.930. The lowest BCUT2D eigenvalue weighted by molar-refractivity contribution is 0.0701. The smallest absolute Gasteiger partial charge is 0.347 e. The molecule has 0 bridgehead atoms. The summed E-state index contributed by atoms with van der Waals surface area (Å²) in [5, 5.41) is 11.3. The topological polar surface area (TPSA) is 75.5 Å². The molecule has 25 heavy (non-hydrogen) atoms. The Morgan fingerprint density at radius 3 is 2.88 bits per heavy atom. The van der Waals surface area contributed by atoms with Crippen LogP contribution in [0.1, 0.15) is 20.9 Å². The van der Waals surface area contributed by atoms with E-state index in [-0.39, 0.29) is 0 Å². The SMILES string of the molecule is O=C(O)c1sc(N2CCOCC2)nc1Cc1cnc2ccccc2c1. The molecule has 4 rings (SSSR count). The third-order valence-corrected chi connectivity index (χ3v) is 5.33. The summed E-state index contributed by atoms with van der Waals surface area (Å²) in [5.74, 6) is -0.930. The van der Waals surface area contributed by atoms with Gasteiger partial charge in [-0.3, -0.25) is 4.98 Å². The van der Waals surface area contributed by atoms with Gasteiger partial charge in [0.2, 0.25) is 0 Å². The molecule has 0 unspecified atom stereocenters. The van der Waals surface area contributed by atoms with Crippen LogP contribution in [0.2, 0.25) is 0 Å². The lowest BCUT2D eigenvalue weighted by Crippen LogP contribution is -2.36. The maximum Gasteiger partial charge on any atom is 0.347 e. The van der Waals surface area contributed by atoms with Crippen molar-refractivity contribution in [2.75, 3.05) is 31.2 Å². The fraction of sp³-hybridized carbons (Fsp3) is 0.278. The van der Waals surface area contributed by atoms with Gasteiger partial charge in [-0.15, -0.1) is 0 Å². The molecule has 0 saturated carbocycles. The van der Waals surface area contributed by atoms with Crippen molar-refractivity contribution in [3.63, 3.8) is 0 Å². The number of hydrogen-bond donors (Lipinski definition) is 1. The van der Waals surface area contributed by atoms with Gasteiger partial charge in [0.05, 0.1) is 24.4 Å². The molecule has 3 heterocycles. The van der Waals surface area contributed by atoms with Crippen molar-refractivity contribution in [2.24, 2.45) is 0 Å². The van der Waals surface area contributed by atoms with Gasteiger partial charge in [0.1, 0.15) is 4.88 Å². The molecule has 1 saturated heterocycles. The molecule has 0 atom stereocenters. The van der Waals surface area contributed by atoms with E-state index >= 15 is 0 Å². The first kappa shape index (κ1) is 16.0. The number of carboxylic acids is 1. The highest BCUT2D eigenvalue weighted by molar-refractivity contribution is 7.17. The molecule has 1 aromatic carbocycles. The van der Waals surface area contributed by atoms with Crippen LogP contribution in [-0.2, 0) is 11.2 Å². The summed E-state index contributed by atoms with van der Waals surface area (Å²) in [4.78, 5) is 23.1. The van der Waals surface area contributed by atoms with E-state index in [2.05, 4.69) is 14.9 Å². The Hall–Kier alpha value is -2.51. The molecular weight excluding hydrogens is 338 g/mol. The molecule has 1 aliphatic rings. The van der Waals surface area contributed by atoms with Gasteiger partial charge >= 0.3 is 5.97 Å². The molecule has 1 fully saturated rings. The van der Waals surface area contributed by atoms with Crippen molar-refractivity contribution in [1.29, 1.82) is 0 Å². The minimum Gasteiger partial charge on any atom is -0.477 e. The Bertz CT molecular complexity index is 919. The molecule has 1 aliphatic heterocycles. The largest absolute Gasteiger partial charge is 0.477 e. The predicted octanol–water partition coefficient (Wildman–Crippen LogP) is 2.82. The molecular formula is C18H17N3O3S. The van der Waals surface area contributed by atoms with Crippen LogP contribution in [-0.4, -0.2) is 47.3 Å². The van der Waals surface area contributed by atoms with Crippen LogP contribution in [0.5, 0.6) is 0 Å². The quantitative estimate of drug-likeness (QED) is 0.776. The number of carboxylic acid groups (broad SMARTS) is 1. The highest BCUT2D eigenvalue weighted by Gasteiger charge is 2.22. The van der Waals surface area contributed by atoms with Crippen LogP contribution in [0.15, 0.2) is 36.5 Å². The van der Waals surface area contributed by atoms with Gasteiger partial charge in [-0.1, -0.05) is 29.5 Å². The number of para-hydroxylation sites is 1. The monoisotopic (exact) mass is 355 g/mol. The van der Waals surface area contributed by atoms with Gasteiger partial charge in [-0.2, -0.15) is 0 Å². The zero-order valence-corrected chi connectivity index (χ0v) is 14.3. The molecule has 6 nitrogen and oxygen atoms in total. The van der Waals surface area contributed by atoms with Crippen molar-refractivity contribution >= 4 is 33.3 Å². The average Bonchev–Trinajstić information content (AvgIpc) is 3.06. The van der Waals surface area contributed by atoms with E-state index in [0.717, 1.165) is 34.7 Å². The molecule has 3 aromatic rings. The summed E-state index contributed by atoms with van der Waals surface area (Å²) in [5.41, 5.74) is 2.48. The lowest BCUT2D eigenvalue weighted by atomic mass is 10.1. The number of fused-ring (bicyclic) bond motifs is 1. The number of aromatic nitrogens is 2. The summed E-state index contributed by atoms with van der Waals surface area (Å²) in [7, 11) is 0.